The van der Waals surface area contributed by atoms with Crippen molar-refractivity contribution in [2.24, 2.45) is 0 Å². The van der Waals surface area contributed by atoms with Gasteiger partial charge in [-0.1, -0.05) is 0 Å². The Kier molecular flexibility index (Phi) is 5.87. The normalized spacial score (nSPS) is 9.75. The van der Waals surface area contributed by atoms with Crippen molar-refractivity contribution in [3.05, 3.63) is 59.7 Å². The van der Waals surface area contributed by atoms with Gasteiger partial charge in [-0.2, -0.15) is 0 Å². The third-order valence-electron chi connectivity index (χ3n) is 2.91. The van der Waals surface area contributed by atoms with Gasteiger partial charge < -0.3 is 9.47 Å². The van der Waals surface area contributed by atoms with Crippen LogP contribution in [0.3, 0.4) is 0 Å². The quantitative estimate of drug-likeness (QED) is 0.583. The van der Waals surface area contributed by atoms with Crippen LogP contribution in [0, 0.1) is 0 Å². The standard InChI is InChI=1S/C16H14O7P/c1-20-15(17)11-3-7-13(8-4-11)22-24(19)23-14-9-5-12(6-10-14)16(18)21-2/h3-10H,1-2H3/q+1. The minimum Gasteiger partial charge on any atom is -0.465 e. The van der Waals surface area contributed by atoms with Crippen LogP contribution in [-0.2, 0) is 14.0 Å². The molecule has 0 aliphatic carbocycles. The molecule has 0 aliphatic rings. The van der Waals surface area contributed by atoms with Crippen molar-refractivity contribution in [2.45, 2.75) is 0 Å². The lowest BCUT2D eigenvalue weighted by Crippen LogP contribution is -2.00. The van der Waals surface area contributed by atoms with Crippen molar-refractivity contribution in [3.63, 3.8) is 0 Å². The Morgan fingerprint density at radius 3 is 1.33 bits per heavy atom. The molecule has 0 radical (unpaired) electrons. The van der Waals surface area contributed by atoms with Crippen molar-refractivity contribution in [1.29, 1.82) is 0 Å². The second-order valence-corrected chi connectivity index (χ2v) is 5.25. The molecule has 7 nitrogen and oxygen atoms in total. The molecule has 0 saturated carbocycles. The summed E-state index contributed by atoms with van der Waals surface area (Å²) < 4.78 is 31.3. The molecule has 0 atom stereocenters. The highest BCUT2D eigenvalue weighted by atomic mass is 31.1. The van der Waals surface area contributed by atoms with Crippen molar-refractivity contribution in [2.75, 3.05) is 14.2 Å². The van der Waals surface area contributed by atoms with Crippen LogP contribution in [-0.4, -0.2) is 26.2 Å². The molecule has 0 aromatic heterocycles. The molecule has 2 aromatic rings. The highest BCUT2D eigenvalue weighted by molar-refractivity contribution is 7.34. The van der Waals surface area contributed by atoms with E-state index in [-0.39, 0.29) is 11.5 Å². The summed E-state index contributed by atoms with van der Waals surface area (Å²) in [5.41, 5.74) is 0.693. The molecular weight excluding hydrogens is 335 g/mol. The summed E-state index contributed by atoms with van der Waals surface area (Å²) in [6.45, 7) is 0. The van der Waals surface area contributed by atoms with Gasteiger partial charge in [-0.3, -0.25) is 0 Å². The predicted octanol–water partition coefficient (Wildman–Crippen LogP) is 3.38. The van der Waals surface area contributed by atoms with Crippen LogP contribution >= 0.6 is 8.25 Å². The molecule has 0 fully saturated rings. The Bertz CT molecular complexity index is 675. The largest absolute Gasteiger partial charge is 0.805 e. The second-order valence-electron chi connectivity index (χ2n) is 4.44. The minimum absolute atomic E-state index is 0.273. The maximum absolute atomic E-state index is 11.9. The van der Waals surface area contributed by atoms with Crippen LogP contribution in [0.5, 0.6) is 11.5 Å². The highest BCUT2D eigenvalue weighted by Crippen LogP contribution is 2.30. The fourth-order valence-corrected chi connectivity index (χ4v) is 2.36. The van der Waals surface area contributed by atoms with Crippen LogP contribution in [0.4, 0.5) is 0 Å². The van der Waals surface area contributed by atoms with Crippen LogP contribution in [0.15, 0.2) is 48.5 Å². The van der Waals surface area contributed by atoms with Gasteiger partial charge in [0.1, 0.15) is 0 Å². The molecule has 124 valence electrons. The van der Waals surface area contributed by atoms with Gasteiger partial charge in [0.2, 0.25) is 0 Å². The lowest BCUT2D eigenvalue weighted by molar-refractivity contribution is 0.0592. The number of carbonyl (C=O) groups excluding carboxylic acids is 2. The maximum Gasteiger partial charge on any atom is 0.805 e. The summed E-state index contributed by atoms with van der Waals surface area (Å²) in [5, 5.41) is 0. The van der Waals surface area contributed by atoms with Gasteiger partial charge in [0.15, 0.2) is 11.5 Å². The zero-order chi connectivity index (χ0) is 17.5. The SMILES string of the molecule is COC(=O)c1ccc(O[P+](=O)Oc2ccc(C(=O)OC)cc2)cc1. The molecule has 0 bridgehead atoms. The summed E-state index contributed by atoms with van der Waals surface area (Å²) in [5.74, 6) is -0.411. The Morgan fingerprint density at radius 1 is 0.708 bits per heavy atom. The smallest absolute Gasteiger partial charge is 0.465 e. The topological polar surface area (TPSA) is 88.1 Å². The molecule has 0 saturated heterocycles. The third-order valence-corrected chi connectivity index (χ3v) is 3.63. The van der Waals surface area contributed by atoms with E-state index in [4.69, 9.17) is 9.05 Å². The molecule has 24 heavy (non-hydrogen) atoms. The summed E-state index contributed by atoms with van der Waals surface area (Å²) in [7, 11) is 0.0888. The number of hydrogen-bond donors (Lipinski definition) is 0. The van der Waals surface area contributed by atoms with Gasteiger partial charge in [-0.15, -0.1) is 0 Å². The summed E-state index contributed by atoms with van der Waals surface area (Å²) in [6.07, 6.45) is 0. The molecular formula is C16H14O7P+. The Labute approximate surface area is 139 Å². The first-order valence-corrected chi connectivity index (χ1v) is 7.83. The lowest BCUT2D eigenvalue weighted by atomic mass is 10.2. The van der Waals surface area contributed by atoms with Crippen molar-refractivity contribution >= 4 is 20.2 Å². The van der Waals surface area contributed by atoms with Crippen LogP contribution < -0.4 is 9.05 Å². The number of carbonyl (C=O) groups is 2. The van der Waals surface area contributed by atoms with E-state index < -0.39 is 20.2 Å². The van der Waals surface area contributed by atoms with E-state index in [1.807, 2.05) is 0 Å². The molecule has 0 unspecified atom stereocenters. The molecule has 2 rings (SSSR count). The first kappa shape index (κ1) is 17.4. The number of methoxy groups -OCH3 is 2. The average molecular weight is 349 g/mol. The maximum atomic E-state index is 11.9. The first-order chi connectivity index (χ1) is 11.5. The number of hydrogen-bond acceptors (Lipinski definition) is 7. The van der Waals surface area contributed by atoms with E-state index in [1.54, 1.807) is 0 Å². The molecule has 2 aromatic carbocycles. The molecule has 0 amide bonds. The van der Waals surface area contributed by atoms with Crippen molar-refractivity contribution in [3.8, 4) is 11.5 Å². The first-order valence-electron chi connectivity index (χ1n) is 6.73. The van der Waals surface area contributed by atoms with Crippen LogP contribution in [0.2, 0.25) is 0 Å². The number of benzene rings is 2. The number of rotatable bonds is 6. The number of esters is 2. The second kappa shape index (κ2) is 8.08. The van der Waals surface area contributed by atoms with E-state index in [0.717, 1.165) is 0 Å². The van der Waals surface area contributed by atoms with Gasteiger partial charge in [0.25, 0.3) is 0 Å². The van der Waals surface area contributed by atoms with Gasteiger partial charge in [-0.05, 0) is 48.5 Å². The molecule has 0 spiro atoms. The fourth-order valence-electron chi connectivity index (χ4n) is 1.73. The summed E-state index contributed by atoms with van der Waals surface area (Å²) in [4.78, 5) is 22.6. The van der Waals surface area contributed by atoms with E-state index in [9.17, 15) is 14.2 Å². The van der Waals surface area contributed by atoms with Crippen molar-refractivity contribution < 1.29 is 32.7 Å². The van der Waals surface area contributed by atoms with E-state index in [0.29, 0.717) is 11.1 Å². The van der Waals surface area contributed by atoms with Crippen LogP contribution in [0.25, 0.3) is 0 Å². The minimum atomic E-state index is -2.47. The molecule has 0 heterocycles. The van der Waals surface area contributed by atoms with Crippen LogP contribution in [0.1, 0.15) is 20.7 Å². The van der Waals surface area contributed by atoms with Crippen molar-refractivity contribution in [1.82, 2.24) is 0 Å². The number of ether oxygens (including phenoxy) is 2. The van der Waals surface area contributed by atoms with E-state index in [1.165, 1.54) is 62.8 Å². The summed E-state index contributed by atoms with van der Waals surface area (Å²) in [6, 6.07) is 11.8. The third kappa shape index (κ3) is 4.54. The zero-order valence-electron chi connectivity index (χ0n) is 12.9. The monoisotopic (exact) mass is 349 g/mol. The molecule has 0 aliphatic heterocycles. The predicted molar refractivity (Wildman–Crippen MR) is 84.4 cm³/mol. The van der Waals surface area contributed by atoms with Gasteiger partial charge >= 0.3 is 20.2 Å². The Balaban J connectivity index is 1.95. The highest BCUT2D eigenvalue weighted by Gasteiger charge is 2.24. The zero-order valence-corrected chi connectivity index (χ0v) is 13.8. The van der Waals surface area contributed by atoms with Gasteiger partial charge in [0.05, 0.1) is 25.3 Å². The van der Waals surface area contributed by atoms with Gasteiger partial charge in [0, 0.05) is 4.57 Å². The molecule has 0 N–H and O–H groups in total. The lowest BCUT2D eigenvalue weighted by Gasteiger charge is -1.99. The summed E-state index contributed by atoms with van der Waals surface area (Å²) >= 11 is 0. The van der Waals surface area contributed by atoms with E-state index in [2.05, 4.69) is 9.47 Å². The Morgan fingerprint density at radius 2 is 1.04 bits per heavy atom. The van der Waals surface area contributed by atoms with Gasteiger partial charge in [-0.25, -0.2) is 18.6 Å². The fraction of sp³-hybridized carbons (Fsp3) is 0.125. The molecule has 8 heteroatoms. The van der Waals surface area contributed by atoms with E-state index >= 15 is 0 Å². The average Bonchev–Trinajstić information content (AvgIpc) is 2.61. The Hall–Kier alpha value is -2.92.